The summed E-state index contributed by atoms with van der Waals surface area (Å²) in [6.07, 6.45) is 2.43. The van der Waals surface area contributed by atoms with Gasteiger partial charge in [0.05, 0.1) is 12.8 Å². The summed E-state index contributed by atoms with van der Waals surface area (Å²) in [4.78, 5) is 12.0. The number of furan rings is 1. The number of carbonyl (C=O) groups excluding carboxylic acids is 1. The van der Waals surface area contributed by atoms with E-state index in [-0.39, 0.29) is 12.6 Å². The first-order valence-electron chi connectivity index (χ1n) is 8.39. The first-order valence-corrected chi connectivity index (χ1v) is 8.39. The Labute approximate surface area is 151 Å². The minimum Gasteiger partial charge on any atom is -0.475 e. The number of hydrogen-bond acceptors (Lipinski definition) is 5. The van der Waals surface area contributed by atoms with Crippen LogP contribution in [0.1, 0.15) is 12.5 Å². The number of aromatic nitrogens is 2. The summed E-state index contributed by atoms with van der Waals surface area (Å²) in [5.74, 6) is 1.04. The second kappa shape index (κ2) is 8.66. The summed E-state index contributed by atoms with van der Waals surface area (Å²) in [6, 6.07) is 14.5. The van der Waals surface area contributed by atoms with Gasteiger partial charge in [-0.05, 0) is 36.2 Å². The highest BCUT2D eigenvalue weighted by Crippen LogP contribution is 2.18. The van der Waals surface area contributed by atoms with Gasteiger partial charge in [-0.2, -0.15) is 0 Å². The largest absolute Gasteiger partial charge is 0.475 e. The molecule has 3 aromatic rings. The zero-order valence-electron chi connectivity index (χ0n) is 14.4. The van der Waals surface area contributed by atoms with Crippen LogP contribution in [-0.4, -0.2) is 29.4 Å². The molecule has 2 amide bonds. The van der Waals surface area contributed by atoms with Crippen molar-refractivity contribution in [2.45, 2.75) is 13.3 Å². The van der Waals surface area contributed by atoms with Crippen molar-refractivity contribution in [3.05, 3.63) is 60.4 Å². The Hall–Kier alpha value is -3.35. The van der Waals surface area contributed by atoms with E-state index in [2.05, 4.69) is 20.8 Å². The van der Waals surface area contributed by atoms with Crippen molar-refractivity contribution in [3.63, 3.8) is 0 Å². The number of hydrogen-bond donors (Lipinski definition) is 2. The molecule has 0 saturated heterocycles. The van der Waals surface area contributed by atoms with E-state index in [4.69, 9.17) is 9.15 Å². The highest BCUT2D eigenvalue weighted by atomic mass is 16.5. The van der Waals surface area contributed by atoms with Gasteiger partial charge in [-0.15, -0.1) is 10.2 Å². The molecule has 0 saturated carbocycles. The first-order chi connectivity index (χ1) is 12.8. The smallest absolute Gasteiger partial charge is 0.319 e. The number of benzene rings is 1. The predicted molar refractivity (Wildman–Crippen MR) is 98.1 cm³/mol. The molecular formula is C19H20N4O3. The van der Waals surface area contributed by atoms with Gasteiger partial charge < -0.3 is 19.8 Å². The minimum atomic E-state index is -0.270. The Bertz CT molecular complexity index is 832. The molecule has 0 bridgehead atoms. The number of aryl methyl sites for hydroxylation is 1. The Morgan fingerprint density at radius 2 is 2.00 bits per heavy atom. The number of nitrogens with one attached hydrogen (secondary N) is 2. The normalized spacial score (nSPS) is 10.3. The van der Waals surface area contributed by atoms with Gasteiger partial charge >= 0.3 is 6.03 Å². The van der Waals surface area contributed by atoms with Crippen LogP contribution in [0, 0.1) is 0 Å². The topological polar surface area (TPSA) is 89.3 Å². The molecule has 134 valence electrons. The van der Waals surface area contributed by atoms with Crippen molar-refractivity contribution >= 4 is 11.7 Å². The molecule has 0 fully saturated rings. The van der Waals surface area contributed by atoms with E-state index in [0.717, 1.165) is 17.7 Å². The van der Waals surface area contributed by atoms with Crippen molar-refractivity contribution in [1.82, 2.24) is 15.5 Å². The third kappa shape index (κ3) is 4.60. The van der Waals surface area contributed by atoms with Crippen LogP contribution in [0.3, 0.4) is 0 Å². The lowest BCUT2D eigenvalue weighted by Crippen LogP contribution is -2.32. The van der Waals surface area contributed by atoms with Gasteiger partial charge in [-0.3, -0.25) is 0 Å². The van der Waals surface area contributed by atoms with E-state index in [1.807, 2.05) is 37.3 Å². The molecular weight excluding hydrogens is 332 g/mol. The van der Waals surface area contributed by atoms with Crippen LogP contribution in [-0.2, 0) is 6.42 Å². The molecule has 2 heterocycles. The summed E-state index contributed by atoms with van der Waals surface area (Å²) in [5.41, 5.74) is 2.54. The molecule has 0 unspecified atom stereocenters. The van der Waals surface area contributed by atoms with Gasteiger partial charge in [-0.25, -0.2) is 4.79 Å². The molecule has 7 heteroatoms. The summed E-state index contributed by atoms with van der Waals surface area (Å²) >= 11 is 0. The predicted octanol–water partition coefficient (Wildman–Crippen LogP) is 3.50. The zero-order valence-corrected chi connectivity index (χ0v) is 14.4. The number of anilines is 1. The van der Waals surface area contributed by atoms with Crippen LogP contribution in [0.5, 0.6) is 5.88 Å². The zero-order chi connectivity index (χ0) is 18.2. The van der Waals surface area contributed by atoms with E-state index >= 15 is 0 Å². The lowest BCUT2D eigenvalue weighted by molar-refractivity contribution is 0.246. The van der Waals surface area contributed by atoms with Crippen molar-refractivity contribution in [1.29, 1.82) is 0 Å². The van der Waals surface area contributed by atoms with Gasteiger partial charge in [0.15, 0.2) is 5.76 Å². The number of nitrogens with zero attached hydrogens (tertiary/aromatic N) is 2. The fraction of sp³-hybridized carbons (Fsp3) is 0.211. The van der Waals surface area contributed by atoms with Crippen LogP contribution in [0.2, 0.25) is 0 Å². The van der Waals surface area contributed by atoms with E-state index in [1.54, 1.807) is 24.5 Å². The number of rotatable bonds is 7. The van der Waals surface area contributed by atoms with E-state index in [9.17, 15) is 4.79 Å². The van der Waals surface area contributed by atoms with Gasteiger partial charge in [0.1, 0.15) is 12.3 Å². The summed E-state index contributed by atoms with van der Waals surface area (Å²) in [7, 11) is 0. The monoisotopic (exact) mass is 352 g/mol. The molecule has 2 aromatic heterocycles. The third-order valence-electron chi connectivity index (χ3n) is 3.70. The van der Waals surface area contributed by atoms with E-state index in [1.165, 1.54) is 0 Å². The highest BCUT2D eigenvalue weighted by Gasteiger charge is 2.06. The molecule has 0 aliphatic heterocycles. The Kier molecular flexibility index (Phi) is 5.82. The lowest BCUT2D eigenvalue weighted by atomic mass is 10.1. The standard InChI is InChI=1S/C19H20N4O3/c1-2-14-6-3-4-7-15(14)21-19(24)20-11-13-26-18-10-9-16(22-23-18)17-8-5-12-25-17/h3-10,12H,2,11,13H2,1H3,(H2,20,21,24). The number of carbonyl (C=O) groups is 1. The first kappa shape index (κ1) is 17.5. The molecule has 0 aliphatic rings. The SMILES string of the molecule is CCc1ccccc1NC(=O)NCCOc1ccc(-c2ccco2)nn1. The molecule has 26 heavy (non-hydrogen) atoms. The summed E-state index contributed by atoms with van der Waals surface area (Å²) in [5, 5.41) is 13.6. The maximum atomic E-state index is 12.0. The Balaban J connectivity index is 1.42. The lowest BCUT2D eigenvalue weighted by Gasteiger charge is -2.11. The van der Waals surface area contributed by atoms with Crippen LogP contribution in [0.4, 0.5) is 10.5 Å². The quantitative estimate of drug-likeness (QED) is 0.635. The number of ether oxygens (including phenoxy) is 1. The Morgan fingerprint density at radius 3 is 2.73 bits per heavy atom. The molecule has 1 aromatic carbocycles. The number of urea groups is 1. The van der Waals surface area contributed by atoms with Gasteiger partial charge in [-0.1, -0.05) is 25.1 Å². The fourth-order valence-corrected chi connectivity index (χ4v) is 2.39. The van der Waals surface area contributed by atoms with Crippen LogP contribution < -0.4 is 15.4 Å². The third-order valence-corrected chi connectivity index (χ3v) is 3.70. The van der Waals surface area contributed by atoms with Crippen LogP contribution in [0.25, 0.3) is 11.5 Å². The second-order valence-corrected chi connectivity index (χ2v) is 5.47. The minimum absolute atomic E-state index is 0.270. The van der Waals surface area contributed by atoms with Crippen molar-refractivity contribution in [3.8, 4) is 17.3 Å². The van der Waals surface area contributed by atoms with E-state index in [0.29, 0.717) is 23.9 Å². The molecule has 0 radical (unpaired) electrons. The Morgan fingerprint density at radius 1 is 1.12 bits per heavy atom. The van der Waals surface area contributed by atoms with Gasteiger partial charge in [0.25, 0.3) is 0 Å². The van der Waals surface area contributed by atoms with Gasteiger partial charge in [0, 0.05) is 11.8 Å². The number of amides is 2. The molecule has 3 rings (SSSR count). The average Bonchev–Trinajstić information content (AvgIpc) is 3.21. The summed E-state index contributed by atoms with van der Waals surface area (Å²) in [6.45, 7) is 2.68. The van der Waals surface area contributed by atoms with Crippen molar-refractivity contribution < 1.29 is 13.9 Å². The van der Waals surface area contributed by atoms with E-state index < -0.39 is 0 Å². The van der Waals surface area contributed by atoms with Crippen LogP contribution in [0.15, 0.2) is 59.2 Å². The van der Waals surface area contributed by atoms with Crippen LogP contribution >= 0.6 is 0 Å². The van der Waals surface area contributed by atoms with Crippen molar-refractivity contribution in [2.24, 2.45) is 0 Å². The average molecular weight is 352 g/mol. The molecule has 0 spiro atoms. The molecule has 0 atom stereocenters. The van der Waals surface area contributed by atoms with Gasteiger partial charge in [0.2, 0.25) is 5.88 Å². The fourth-order valence-electron chi connectivity index (χ4n) is 2.39. The van der Waals surface area contributed by atoms with Crippen molar-refractivity contribution in [2.75, 3.05) is 18.5 Å². The molecule has 0 aliphatic carbocycles. The molecule has 7 nitrogen and oxygen atoms in total. The maximum absolute atomic E-state index is 12.0. The highest BCUT2D eigenvalue weighted by molar-refractivity contribution is 5.90. The molecule has 2 N–H and O–H groups in total. The number of para-hydroxylation sites is 1. The second-order valence-electron chi connectivity index (χ2n) is 5.47. The maximum Gasteiger partial charge on any atom is 0.319 e. The summed E-state index contributed by atoms with van der Waals surface area (Å²) < 4.78 is 10.7.